The third-order valence-electron chi connectivity index (χ3n) is 2.98. The molecular weight excluding hydrogens is 312 g/mol. The molecular formula is C13H17F6N3. The van der Waals surface area contributed by atoms with Crippen molar-refractivity contribution >= 4 is 12.0 Å². The molecule has 9 heteroatoms. The van der Waals surface area contributed by atoms with E-state index < -0.39 is 31.2 Å². The predicted molar refractivity (Wildman–Crippen MR) is 70.6 cm³/mol. The van der Waals surface area contributed by atoms with Crippen LogP contribution in [0.3, 0.4) is 0 Å². The van der Waals surface area contributed by atoms with Gasteiger partial charge < -0.3 is 0 Å². The average molecular weight is 329 g/mol. The van der Waals surface area contributed by atoms with Crippen LogP contribution in [0.15, 0.2) is 11.1 Å². The lowest BCUT2D eigenvalue weighted by molar-refractivity contribution is -0.285. The topological polar surface area (TPSA) is 30.2 Å². The Morgan fingerprint density at radius 1 is 1.27 bits per heavy atom. The second kappa shape index (κ2) is 7.15. The Balaban J connectivity index is 2.90. The minimum atomic E-state index is -5.61. The first-order valence-corrected chi connectivity index (χ1v) is 6.80. The van der Waals surface area contributed by atoms with Gasteiger partial charge in [0, 0.05) is 25.2 Å². The van der Waals surface area contributed by atoms with Gasteiger partial charge in [-0.15, -0.1) is 0 Å². The number of aromatic nitrogens is 2. The van der Waals surface area contributed by atoms with E-state index in [2.05, 4.69) is 10.1 Å². The minimum absolute atomic E-state index is 0.0610. The standard InChI is InChI=1S/C13H17F6N3/c1-3-9(14)8-20-11-7-10(4-2)21-22(11)6-5-12(15,16)13(17,18)19/h7-9H,3-6H2,1-2H3. The lowest BCUT2D eigenvalue weighted by Gasteiger charge is -2.19. The van der Waals surface area contributed by atoms with Crippen LogP contribution < -0.4 is 0 Å². The van der Waals surface area contributed by atoms with Crippen LogP contribution in [-0.4, -0.2) is 34.3 Å². The highest BCUT2D eigenvalue weighted by Gasteiger charge is 2.56. The maximum Gasteiger partial charge on any atom is 0.453 e. The summed E-state index contributed by atoms with van der Waals surface area (Å²) in [6.45, 7) is 2.67. The zero-order valence-electron chi connectivity index (χ0n) is 12.2. The highest BCUT2D eigenvalue weighted by Crippen LogP contribution is 2.38. The van der Waals surface area contributed by atoms with Crippen molar-refractivity contribution in [2.75, 3.05) is 0 Å². The van der Waals surface area contributed by atoms with Gasteiger partial charge in [0.15, 0.2) is 0 Å². The third kappa shape index (κ3) is 4.74. The monoisotopic (exact) mass is 329 g/mol. The van der Waals surface area contributed by atoms with Gasteiger partial charge in [-0.3, -0.25) is 0 Å². The fourth-order valence-corrected chi connectivity index (χ4v) is 1.55. The van der Waals surface area contributed by atoms with E-state index in [9.17, 15) is 26.3 Å². The number of nitrogens with zero attached hydrogens (tertiary/aromatic N) is 3. The predicted octanol–water partition coefficient (Wildman–Crippen LogP) is 4.48. The highest BCUT2D eigenvalue weighted by atomic mass is 19.4. The Bertz CT molecular complexity index is 506. The summed E-state index contributed by atoms with van der Waals surface area (Å²) in [6, 6.07) is 1.44. The summed E-state index contributed by atoms with van der Waals surface area (Å²) in [7, 11) is 0. The number of alkyl halides is 6. The van der Waals surface area contributed by atoms with Crippen LogP contribution in [0.2, 0.25) is 0 Å². The molecule has 0 saturated heterocycles. The molecule has 126 valence electrons. The summed E-state index contributed by atoms with van der Waals surface area (Å²) in [6.07, 6.45) is -6.75. The van der Waals surface area contributed by atoms with Crippen molar-refractivity contribution in [1.29, 1.82) is 0 Å². The van der Waals surface area contributed by atoms with Crippen LogP contribution in [0.5, 0.6) is 0 Å². The van der Waals surface area contributed by atoms with Gasteiger partial charge in [-0.25, -0.2) is 14.1 Å². The fraction of sp³-hybridized carbons (Fsp3) is 0.692. The Labute approximate surface area is 124 Å². The molecule has 0 aliphatic rings. The first-order valence-electron chi connectivity index (χ1n) is 6.80. The van der Waals surface area contributed by atoms with Gasteiger partial charge in [0.2, 0.25) is 0 Å². The average Bonchev–Trinajstić information content (AvgIpc) is 2.83. The molecule has 0 bridgehead atoms. The molecule has 0 N–H and O–H groups in total. The molecule has 1 heterocycles. The Morgan fingerprint density at radius 2 is 1.91 bits per heavy atom. The molecule has 1 rings (SSSR count). The summed E-state index contributed by atoms with van der Waals surface area (Å²) >= 11 is 0. The summed E-state index contributed by atoms with van der Waals surface area (Å²) in [5.41, 5.74) is 0.481. The zero-order valence-corrected chi connectivity index (χ0v) is 12.2. The molecule has 0 spiro atoms. The van der Waals surface area contributed by atoms with Gasteiger partial charge in [-0.05, 0) is 12.8 Å². The Morgan fingerprint density at radius 3 is 2.41 bits per heavy atom. The molecule has 0 aliphatic heterocycles. The number of hydrogen-bond donors (Lipinski definition) is 0. The van der Waals surface area contributed by atoms with E-state index in [1.54, 1.807) is 13.8 Å². The molecule has 1 atom stereocenters. The summed E-state index contributed by atoms with van der Waals surface area (Å²) in [4.78, 5) is 3.78. The second-order valence-corrected chi connectivity index (χ2v) is 4.73. The van der Waals surface area contributed by atoms with Crippen LogP contribution in [0, 0.1) is 0 Å². The van der Waals surface area contributed by atoms with Gasteiger partial charge in [-0.2, -0.15) is 27.1 Å². The van der Waals surface area contributed by atoms with E-state index in [-0.39, 0.29) is 12.2 Å². The second-order valence-electron chi connectivity index (χ2n) is 4.73. The number of halogens is 6. The van der Waals surface area contributed by atoms with E-state index in [1.165, 1.54) is 6.07 Å². The van der Waals surface area contributed by atoms with Crippen molar-refractivity contribution < 1.29 is 26.3 Å². The van der Waals surface area contributed by atoms with Crippen molar-refractivity contribution in [3.63, 3.8) is 0 Å². The number of hydrogen-bond acceptors (Lipinski definition) is 2. The van der Waals surface area contributed by atoms with Crippen LogP contribution in [0.4, 0.5) is 32.2 Å². The number of aryl methyl sites for hydroxylation is 2. The molecule has 3 nitrogen and oxygen atoms in total. The normalized spacial score (nSPS) is 14.7. The summed E-state index contributed by atoms with van der Waals surface area (Å²) < 4.78 is 76.4. The smallest absolute Gasteiger partial charge is 0.247 e. The van der Waals surface area contributed by atoms with Gasteiger partial charge in [0.1, 0.15) is 12.0 Å². The van der Waals surface area contributed by atoms with Gasteiger partial charge in [0.25, 0.3) is 0 Å². The molecule has 0 amide bonds. The maximum absolute atomic E-state index is 13.1. The van der Waals surface area contributed by atoms with E-state index in [0.717, 1.165) is 10.9 Å². The molecule has 0 radical (unpaired) electrons. The molecule has 1 aromatic heterocycles. The van der Waals surface area contributed by atoms with Gasteiger partial charge in [-0.1, -0.05) is 13.8 Å². The zero-order chi connectivity index (χ0) is 17.0. The molecule has 1 unspecified atom stereocenters. The molecule has 1 aromatic rings. The molecule has 0 aliphatic carbocycles. The van der Waals surface area contributed by atoms with Crippen molar-refractivity contribution in [3.8, 4) is 0 Å². The maximum atomic E-state index is 13.1. The lowest BCUT2D eigenvalue weighted by atomic mass is 10.2. The number of aliphatic imine (C=N–C) groups is 1. The largest absolute Gasteiger partial charge is 0.453 e. The summed E-state index contributed by atoms with van der Waals surface area (Å²) in [5, 5.41) is 3.90. The Kier molecular flexibility index (Phi) is 6.01. The molecule has 22 heavy (non-hydrogen) atoms. The summed E-state index contributed by atoms with van der Waals surface area (Å²) in [5.74, 6) is -4.75. The van der Waals surface area contributed by atoms with E-state index in [1.807, 2.05) is 0 Å². The van der Waals surface area contributed by atoms with Crippen molar-refractivity contribution in [1.82, 2.24) is 9.78 Å². The van der Waals surface area contributed by atoms with Crippen LogP contribution in [0.25, 0.3) is 0 Å². The van der Waals surface area contributed by atoms with E-state index >= 15 is 0 Å². The van der Waals surface area contributed by atoms with Crippen molar-refractivity contribution in [2.45, 2.75) is 57.9 Å². The fourth-order valence-electron chi connectivity index (χ4n) is 1.55. The van der Waals surface area contributed by atoms with Crippen LogP contribution in [-0.2, 0) is 13.0 Å². The van der Waals surface area contributed by atoms with E-state index in [0.29, 0.717) is 12.1 Å². The minimum Gasteiger partial charge on any atom is -0.247 e. The number of rotatable bonds is 7. The van der Waals surface area contributed by atoms with Crippen LogP contribution >= 0.6 is 0 Å². The molecule has 0 aromatic carbocycles. The van der Waals surface area contributed by atoms with Crippen molar-refractivity contribution in [3.05, 3.63) is 11.8 Å². The molecule has 0 saturated carbocycles. The Hall–Kier alpha value is -1.54. The van der Waals surface area contributed by atoms with Crippen molar-refractivity contribution in [2.24, 2.45) is 4.99 Å². The molecule has 0 fully saturated rings. The van der Waals surface area contributed by atoms with Gasteiger partial charge in [0.05, 0.1) is 5.69 Å². The quantitative estimate of drug-likeness (QED) is 0.536. The first-order chi connectivity index (χ1) is 10.1. The lowest BCUT2D eigenvalue weighted by Crippen LogP contribution is -2.37. The highest BCUT2D eigenvalue weighted by molar-refractivity contribution is 5.66. The first kappa shape index (κ1) is 18.5. The third-order valence-corrected chi connectivity index (χ3v) is 2.98. The SMILES string of the molecule is CCc1cc(N=CC(F)CC)n(CCC(F)(F)C(F)(F)F)n1. The van der Waals surface area contributed by atoms with Crippen LogP contribution in [0.1, 0.15) is 32.4 Å². The van der Waals surface area contributed by atoms with Gasteiger partial charge >= 0.3 is 12.1 Å². The van der Waals surface area contributed by atoms with E-state index in [4.69, 9.17) is 0 Å².